The molecule has 0 unspecified atom stereocenters. The maximum absolute atomic E-state index is 6.70. The minimum atomic E-state index is 0.668. The molecule has 0 saturated carbocycles. The Morgan fingerprint density at radius 3 is 1.31 bits per heavy atom. The second-order valence-corrected chi connectivity index (χ2v) is 11.7. The SMILES string of the molecule is CCCCCCOc1ccc2c(OCCCCCC)c3ccccc3c(OCCCCCC)c2c1OCCCCCC. The van der Waals surface area contributed by atoms with Gasteiger partial charge in [-0.25, -0.2) is 0 Å². The summed E-state index contributed by atoms with van der Waals surface area (Å²) < 4.78 is 26.4. The van der Waals surface area contributed by atoms with Crippen molar-refractivity contribution in [1.82, 2.24) is 0 Å². The molecule has 42 heavy (non-hydrogen) atoms. The number of benzene rings is 3. The summed E-state index contributed by atoms with van der Waals surface area (Å²) in [4.78, 5) is 0. The maximum atomic E-state index is 6.70. The van der Waals surface area contributed by atoms with E-state index in [2.05, 4.69) is 64.1 Å². The molecule has 0 aromatic heterocycles. The molecule has 0 aliphatic carbocycles. The quantitative estimate of drug-likeness (QED) is 0.0782. The molecule has 0 heterocycles. The summed E-state index contributed by atoms with van der Waals surface area (Å²) in [6.07, 6.45) is 18.7. The fourth-order valence-corrected chi connectivity index (χ4v) is 5.52. The molecule has 0 radical (unpaired) electrons. The molecular weight excluding hydrogens is 520 g/mol. The van der Waals surface area contributed by atoms with Crippen LogP contribution in [0.3, 0.4) is 0 Å². The van der Waals surface area contributed by atoms with Crippen molar-refractivity contribution >= 4 is 21.5 Å². The Kier molecular flexibility index (Phi) is 16.4. The van der Waals surface area contributed by atoms with Crippen LogP contribution in [0, 0.1) is 0 Å². The van der Waals surface area contributed by atoms with Crippen LogP contribution in [0.25, 0.3) is 21.5 Å². The average Bonchev–Trinajstić information content (AvgIpc) is 3.01. The molecule has 4 nitrogen and oxygen atoms in total. The van der Waals surface area contributed by atoms with Crippen molar-refractivity contribution in [1.29, 1.82) is 0 Å². The summed E-state index contributed by atoms with van der Waals surface area (Å²) in [5.41, 5.74) is 0. The van der Waals surface area contributed by atoms with Crippen LogP contribution in [0.2, 0.25) is 0 Å². The summed E-state index contributed by atoms with van der Waals surface area (Å²) >= 11 is 0. The number of hydrogen-bond donors (Lipinski definition) is 0. The molecule has 3 rings (SSSR count). The maximum Gasteiger partial charge on any atom is 0.172 e. The summed E-state index contributed by atoms with van der Waals surface area (Å²) in [5, 5.41) is 4.23. The van der Waals surface area contributed by atoms with E-state index in [1.807, 2.05) is 0 Å². The first kappa shape index (κ1) is 33.9. The van der Waals surface area contributed by atoms with Gasteiger partial charge in [-0.05, 0) is 37.8 Å². The number of rotatable bonds is 24. The molecule has 3 aromatic carbocycles. The van der Waals surface area contributed by atoms with Gasteiger partial charge in [0.15, 0.2) is 11.5 Å². The van der Waals surface area contributed by atoms with E-state index in [0.29, 0.717) is 26.4 Å². The second kappa shape index (κ2) is 20.3. The van der Waals surface area contributed by atoms with Crippen LogP contribution in [-0.2, 0) is 0 Å². The first-order valence-electron chi connectivity index (χ1n) is 17.3. The third-order valence-electron chi connectivity index (χ3n) is 8.00. The Morgan fingerprint density at radius 2 is 0.810 bits per heavy atom. The zero-order chi connectivity index (χ0) is 29.8. The highest BCUT2D eigenvalue weighted by Crippen LogP contribution is 2.50. The highest BCUT2D eigenvalue weighted by molar-refractivity contribution is 6.13. The zero-order valence-electron chi connectivity index (χ0n) is 27.2. The van der Waals surface area contributed by atoms with Gasteiger partial charge in [0.1, 0.15) is 11.5 Å². The molecule has 4 heteroatoms. The summed E-state index contributed by atoms with van der Waals surface area (Å²) in [6.45, 7) is 11.7. The normalized spacial score (nSPS) is 11.3. The minimum Gasteiger partial charge on any atom is -0.492 e. The molecule has 234 valence electrons. The van der Waals surface area contributed by atoms with Gasteiger partial charge >= 0.3 is 0 Å². The van der Waals surface area contributed by atoms with Crippen molar-refractivity contribution in [3.8, 4) is 23.0 Å². The van der Waals surface area contributed by atoms with E-state index in [4.69, 9.17) is 18.9 Å². The fourth-order valence-electron chi connectivity index (χ4n) is 5.52. The molecule has 0 amide bonds. The first-order chi connectivity index (χ1) is 20.8. The predicted molar refractivity (Wildman–Crippen MR) is 180 cm³/mol. The van der Waals surface area contributed by atoms with Crippen molar-refractivity contribution in [2.75, 3.05) is 26.4 Å². The van der Waals surface area contributed by atoms with Crippen LogP contribution in [0.5, 0.6) is 23.0 Å². The van der Waals surface area contributed by atoms with Gasteiger partial charge in [0, 0.05) is 16.2 Å². The second-order valence-electron chi connectivity index (χ2n) is 11.7. The molecule has 0 aliphatic heterocycles. The first-order valence-corrected chi connectivity index (χ1v) is 17.3. The summed E-state index contributed by atoms with van der Waals surface area (Å²) in [5.74, 6) is 3.45. The van der Waals surface area contributed by atoms with E-state index in [9.17, 15) is 0 Å². The number of ether oxygens (including phenoxy) is 4. The zero-order valence-corrected chi connectivity index (χ0v) is 27.2. The van der Waals surface area contributed by atoms with E-state index in [1.165, 1.54) is 77.0 Å². The van der Waals surface area contributed by atoms with E-state index in [0.717, 1.165) is 70.2 Å². The molecular formula is C38H58O4. The van der Waals surface area contributed by atoms with Gasteiger partial charge in [-0.15, -0.1) is 0 Å². The molecule has 0 aliphatic rings. The van der Waals surface area contributed by atoms with Crippen molar-refractivity contribution in [2.24, 2.45) is 0 Å². The van der Waals surface area contributed by atoms with Crippen molar-refractivity contribution in [3.63, 3.8) is 0 Å². The Hall–Kier alpha value is -2.62. The van der Waals surface area contributed by atoms with Gasteiger partial charge in [-0.2, -0.15) is 0 Å². The standard InChI is InChI=1S/C38H58O4/c1-5-9-13-19-27-39-34-26-25-33-35(38(34)42-30-22-16-12-8-4)37(41-29-21-15-11-7-3)32-24-18-17-23-31(32)36(33)40-28-20-14-10-6-2/h17-18,23-26H,5-16,19-22,27-30H2,1-4H3. The van der Waals surface area contributed by atoms with E-state index in [-0.39, 0.29) is 0 Å². The van der Waals surface area contributed by atoms with Crippen LogP contribution in [0.1, 0.15) is 130 Å². The Balaban J connectivity index is 2.09. The predicted octanol–water partition coefficient (Wildman–Crippen LogP) is 11.8. The molecule has 0 spiro atoms. The van der Waals surface area contributed by atoms with Gasteiger partial charge < -0.3 is 18.9 Å². The highest BCUT2D eigenvalue weighted by atomic mass is 16.5. The Labute approximate surface area is 256 Å². The van der Waals surface area contributed by atoms with Gasteiger partial charge in [0.25, 0.3) is 0 Å². The lowest BCUT2D eigenvalue weighted by Crippen LogP contribution is -2.06. The number of fused-ring (bicyclic) bond motifs is 2. The van der Waals surface area contributed by atoms with Crippen LogP contribution in [0.4, 0.5) is 0 Å². The largest absolute Gasteiger partial charge is 0.492 e. The van der Waals surface area contributed by atoms with E-state index in [1.54, 1.807) is 0 Å². The van der Waals surface area contributed by atoms with Gasteiger partial charge in [0.2, 0.25) is 0 Å². The van der Waals surface area contributed by atoms with Gasteiger partial charge in [0.05, 0.1) is 31.8 Å². The van der Waals surface area contributed by atoms with Gasteiger partial charge in [-0.3, -0.25) is 0 Å². The molecule has 3 aromatic rings. The Morgan fingerprint density at radius 1 is 0.381 bits per heavy atom. The molecule has 0 fully saturated rings. The molecule has 0 saturated heterocycles. The fraction of sp³-hybridized carbons (Fsp3) is 0.632. The topological polar surface area (TPSA) is 36.9 Å². The van der Waals surface area contributed by atoms with Crippen LogP contribution in [-0.4, -0.2) is 26.4 Å². The Bertz CT molecular complexity index is 1150. The lowest BCUT2D eigenvalue weighted by molar-refractivity contribution is 0.259. The number of hydrogen-bond acceptors (Lipinski definition) is 4. The third kappa shape index (κ3) is 10.3. The van der Waals surface area contributed by atoms with Crippen LogP contribution < -0.4 is 18.9 Å². The monoisotopic (exact) mass is 578 g/mol. The van der Waals surface area contributed by atoms with Crippen molar-refractivity contribution in [2.45, 2.75) is 130 Å². The van der Waals surface area contributed by atoms with Crippen LogP contribution in [0.15, 0.2) is 36.4 Å². The summed E-state index contributed by atoms with van der Waals surface area (Å²) in [6, 6.07) is 12.8. The van der Waals surface area contributed by atoms with E-state index < -0.39 is 0 Å². The highest BCUT2D eigenvalue weighted by Gasteiger charge is 2.23. The lowest BCUT2D eigenvalue weighted by atomic mass is 9.99. The lowest BCUT2D eigenvalue weighted by Gasteiger charge is -2.22. The summed E-state index contributed by atoms with van der Waals surface area (Å²) in [7, 11) is 0. The third-order valence-corrected chi connectivity index (χ3v) is 8.00. The number of unbranched alkanes of at least 4 members (excludes halogenated alkanes) is 12. The molecule has 0 bridgehead atoms. The molecule has 0 atom stereocenters. The smallest absolute Gasteiger partial charge is 0.172 e. The molecule has 0 N–H and O–H groups in total. The van der Waals surface area contributed by atoms with Gasteiger partial charge in [-0.1, -0.05) is 129 Å². The average molecular weight is 579 g/mol. The minimum absolute atomic E-state index is 0.668. The van der Waals surface area contributed by atoms with E-state index >= 15 is 0 Å². The van der Waals surface area contributed by atoms with Crippen LogP contribution >= 0.6 is 0 Å². The van der Waals surface area contributed by atoms with Crippen molar-refractivity contribution in [3.05, 3.63) is 36.4 Å². The van der Waals surface area contributed by atoms with Crippen molar-refractivity contribution < 1.29 is 18.9 Å².